The van der Waals surface area contributed by atoms with Crippen LogP contribution in [0.4, 0.5) is 0 Å². The Balaban J connectivity index is 0.00000133. The van der Waals surface area contributed by atoms with Crippen molar-refractivity contribution in [3.8, 4) is 0 Å². The van der Waals surface area contributed by atoms with Gasteiger partial charge in [-0.05, 0) is 28.3 Å². The molecule has 2 nitrogen and oxygen atoms in total. The number of carbonyl (C=O) groups excluding carboxylic acids is 1. The molecule has 19 heavy (non-hydrogen) atoms. The van der Waals surface area contributed by atoms with Gasteiger partial charge in [0.15, 0.2) is 0 Å². The van der Waals surface area contributed by atoms with Crippen molar-refractivity contribution in [3.05, 3.63) is 70.8 Å². The second-order valence-electron chi connectivity index (χ2n) is 4.40. The van der Waals surface area contributed by atoms with E-state index in [0.29, 0.717) is 0 Å². The van der Waals surface area contributed by atoms with Crippen molar-refractivity contribution >= 4 is 18.1 Å². The van der Waals surface area contributed by atoms with Gasteiger partial charge < -0.3 is 9.90 Å². The van der Waals surface area contributed by atoms with Crippen LogP contribution in [0.2, 0.25) is 0 Å². The van der Waals surface area contributed by atoms with Gasteiger partial charge in [0.25, 0.3) is 0 Å². The largest absolute Gasteiger partial charge is 1.00 e. The summed E-state index contributed by atoms with van der Waals surface area (Å²) in [5.74, 6) is -0.867. The van der Waals surface area contributed by atoms with Crippen LogP contribution in [0.25, 0.3) is 12.2 Å². The maximum atomic E-state index is 10.9. The zero-order chi connectivity index (χ0) is 12.5. The first kappa shape index (κ1) is 14.1. The van der Waals surface area contributed by atoms with E-state index in [2.05, 4.69) is 24.3 Å². The van der Waals surface area contributed by atoms with Crippen molar-refractivity contribution in [3.63, 3.8) is 0 Å². The number of rotatable bonds is 1. The van der Waals surface area contributed by atoms with Gasteiger partial charge in [0.05, 0.1) is 5.97 Å². The Kier molecular flexibility index (Phi) is 4.25. The van der Waals surface area contributed by atoms with Gasteiger partial charge >= 0.3 is 29.6 Å². The quantitative estimate of drug-likeness (QED) is 0.619. The molecule has 1 aromatic rings. The summed E-state index contributed by atoms with van der Waals surface area (Å²) >= 11 is 0. The minimum absolute atomic E-state index is 0. The molecule has 0 heterocycles. The molecule has 0 saturated carbocycles. The molecule has 0 aliphatic heterocycles. The monoisotopic (exact) mass is 258 g/mol. The van der Waals surface area contributed by atoms with Gasteiger partial charge in [-0.1, -0.05) is 54.7 Å². The van der Waals surface area contributed by atoms with Gasteiger partial charge in [0, 0.05) is 5.92 Å². The van der Waals surface area contributed by atoms with Crippen molar-refractivity contribution in [1.29, 1.82) is 0 Å². The number of carboxylic acids is 1. The first-order valence-electron chi connectivity index (χ1n) is 5.84. The molecule has 3 rings (SSSR count). The molecule has 0 radical (unpaired) electrons. The molecule has 2 aliphatic carbocycles. The molecule has 88 valence electrons. The molecule has 0 fully saturated rings. The first-order valence-corrected chi connectivity index (χ1v) is 5.84. The van der Waals surface area contributed by atoms with Gasteiger partial charge in [-0.15, -0.1) is 0 Å². The summed E-state index contributed by atoms with van der Waals surface area (Å²) in [6, 6.07) is 5.07. The molecule has 0 saturated heterocycles. The minimum atomic E-state index is -1.14. The Morgan fingerprint density at radius 3 is 2.68 bits per heavy atom. The SMILES string of the molecule is O=C([O-])c1ccc2c(c1)C=CC1C=CC=CC1=C2.[Na+]. The van der Waals surface area contributed by atoms with Crippen LogP contribution in [0.3, 0.4) is 0 Å². The summed E-state index contributed by atoms with van der Waals surface area (Å²) in [4.78, 5) is 10.9. The van der Waals surface area contributed by atoms with E-state index in [-0.39, 0.29) is 41.0 Å². The molecule has 2 aliphatic rings. The van der Waals surface area contributed by atoms with Gasteiger partial charge in [-0.2, -0.15) is 0 Å². The number of fused-ring (bicyclic) bond motifs is 2. The summed E-state index contributed by atoms with van der Waals surface area (Å²) in [5, 5.41) is 10.9. The van der Waals surface area contributed by atoms with E-state index in [1.165, 1.54) is 5.57 Å². The second kappa shape index (κ2) is 5.74. The summed E-state index contributed by atoms with van der Waals surface area (Å²) in [5.41, 5.74) is 3.38. The average molecular weight is 258 g/mol. The van der Waals surface area contributed by atoms with Crippen LogP contribution in [0.1, 0.15) is 21.5 Å². The van der Waals surface area contributed by atoms with Crippen molar-refractivity contribution in [2.75, 3.05) is 0 Å². The van der Waals surface area contributed by atoms with Gasteiger partial charge in [-0.25, -0.2) is 0 Å². The van der Waals surface area contributed by atoms with Crippen molar-refractivity contribution < 1.29 is 39.5 Å². The Labute approximate surface area is 134 Å². The first-order chi connectivity index (χ1) is 8.74. The number of carboxylic acid groups (broad SMARTS) is 1. The summed E-state index contributed by atoms with van der Waals surface area (Å²) < 4.78 is 0. The van der Waals surface area contributed by atoms with Gasteiger partial charge in [0.2, 0.25) is 0 Å². The van der Waals surface area contributed by atoms with Crippen LogP contribution >= 0.6 is 0 Å². The van der Waals surface area contributed by atoms with E-state index in [0.717, 1.165) is 11.1 Å². The zero-order valence-electron chi connectivity index (χ0n) is 10.7. The predicted molar refractivity (Wildman–Crippen MR) is 69.6 cm³/mol. The van der Waals surface area contributed by atoms with Crippen molar-refractivity contribution in [2.24, 2.45) is 5.92 Å². The summed E-state index contributed by atoms with van der Waals surface area (Å²) in [7, 11) is 0. The standard InChI is InChI=1S/C16H12O2.Na/c17-16(18)15-8-7-13-9-12-4-2-1-3-11(12)5-6-14(13)10-15;/h1-11H,(H,17,18);/q;+1/p-1. The van der Waals surface area contributed by atoms with Crippen LogP contribution < -0.4 is 34.7 Å². The van der Waals surface area contributed by atoms with Crippen LogP contribution in [0.5, 0.6) is 0 Å². The number of benzene rings is 1. The molecule has 1 atom stereocenters. The zero-order valence-corrected chi connectivity index (χ0v) is 12.7. The van der Waals surface area contributed by atoms with E-state index < -0.39 is 5.97 Å². The number of hydrogen-bond donors (Lipinski definition) is 0. The molecule has 0 aromatic heterocycles. The molecule has 0 bridgehead atoms. The smallest absolute Gasteiger partial charge is 0.545 e. The minimum Gasteiger partial charge on any atom is -0.545 e. The van der Waals surface area contributed by atoms with Crippen LogP contribution in [0.15, 0.2) is 54.2 Å². The number of aromatic carboxylic acids is 1. The summed E-state index contributed by atoms with van der Waals surface area (Å²) in [6.45, 7) is 0. The number of allylic oxidation sites excluding steroid dienone is 6. The van der Waals surface area contributed by atoms with E-state index >= 15 is 0 Å². The number of carbonyl (C=O) groups is 1. The molecule has 0 spiro atoms. The maximum Gasteiger partial charge on any atom is 1.00 e. The third kappa shape index (κ3) is 2.81. The summed E-state index contributed by atoms with van der Waals surface area (Å²) in [6.07, 6.45) is 14.4. The molecule has 0 amide bonds. The number of hydrogen-bond acceptors (Lipinski definition) is 2. The van der Waals surface area contributed by atoms with E-state index in [1.807, 2.05) is 24.3 Å². The van der Waals surface area contributed by atoms with Crippen molar-refractivity contribution in [2.45, 2.75) is 0 Å². The van der Waals surface area contributed by atoms with Gasteiger partial charge in [-0.3, -0.25) is 0 Å². The molecule has 1 unspecified atom stereocenters. The fourth-order valence-electron chi connectivity index (χ4n) is 2.26. The van der Waals surface area contributed by atoms with E-state index in [4.69, 9.17) is 0 Å². The molecule has 1 aromatic carbocycles. The normalized spacial score (nSPS) is 18.7. The third-order valence-electron chi connectivity index (χ3n) is 3.23. The molecular formula is C16H11NaO2. The third-order valence-corrected chi connectivity index (χ3v) is 3.23. The Morgan fingerprint density at radius 2 is 1.89 bits per heavy atom. The second-order valence-corrected chi connectivity index (χ2v) is 4.40. The molecule has 0 N–H and O–H groups in total. The van der Waals surface area contributed by atoms with Crippen molar-refractivity contribution in [1.82, 2.24) is 0 Å². The predicted octanol–water partition coefficient (Wildman–Crippen LogP) is -0.794. The Bertz CT molecular complexity index is 636. The fourth-order valence-corrected chi connectivity index (χ4v) is 2.26. The van der Waals surface area contributed by atoms with E-state index in [1.54, 1.807) is 12.1 Å². The Morgan fingerprint density at radius 1 is 1.05 bits per heavy atom. The van der Waals surface area contributed by atoms with Crippen LogP contribution in [-0.4, -0.2) is 5.97 Å². The van der Waals surface area contributed by atoms with Crippen LogP contribution in [-0.2, 0) is 0 Å². The maximum absolute atomic E-state index is 10.9. The molecule has 3 heteroatoms. The fraction of sp³-hybridized carbons (Fsp3) is 0.0625. The Hall–Kier alpha value is -1.35. The topological polar surface area (TPSA) is 40.1 Å². The van der Waals surface area contributed by atoms with Crippen LogP contribution in [0, 0.1) is 5.92 Å². The van der Waals surface area contributed by atoms with E-state index in [9.17, 15) is 9.90 Å². The average Bonchev–Trinajstić information content (AvgIpc) is 2.56. The van der Waals surface area contributed by atoms with Gasteiger partial charge in [0.1, 0.15) is 0 Å². The molecular weight excluding hydrogens is 247 g/mol.